The van der Waals surface area contributed by atoms with Gasteiger partial charge in [-0.1, -0.05) is 52.3 Å². The molecule has 0 aliphatic carbocycles. The van der Waals surface area contributed by atoms with Gasteiger partial charge in [0.1, 0.15) is 0 Å². The van der Waals surface area contributed by atoms with E-state index >= 15 is 0 Å². The molecule has 30 heavy (non-hydrogen) atoms. The number of aryl methyl sites for hydroxylation is 1. The van der Waals surface area contributed by atoms with Crippen molar-refractivity contribution in [2.24, 2.45) is 0 Å². The van der Waals surface area contributed by atoms with Gasteiger partial charge in [0.2, 0.25) is 0 Å². The molecule has 0 atom stereocenters. The van der Waals surface area contributed by atoms with Crippen molar-refractivity contribution in [3.8, 4) is 0 Å². The highest BCUT2D eigenvalue weighted by molar-refractivity contribution is 9.10. The Kier molecular flexibility index (Phi) is 5.90. The molecule has 2 aromatic heterocycles. The van der Waals surface area contributed by atoms with E-state index in [2.05, 4.69) is 93.8 Å². The predicted octanol–water partition coefficient (Wildman–Crippen LogP) is 6.45. The number of anilines is 1. The van der Waals surface area contributed by atoms with Crippen LogP contribution < -0.4 is 4.90 Å². The second kappa shape index (κ2) is 8.44. The molecule has 5 rings (SSSR count). The normalized spacial score (nSPS) is 13.2. The molecule has 0 N–H and O–H groups in total. The van der Waals surface area contributed by atoms with Crippen molar-refractivity contribution < 1.29 is 0 Å². The van der Waals surface area contributed by atoms with Crippen molar-refractivity contribution in [3.63, 3.8) is 0 Å². The van der Waals surface area contributed by atoms with Crippen LogP contribution in [0.25, 0.3) is 10.9 Å². The molecular formula is C25H25BrClN3. The number of hydrogen-bond acceptors (Lipinski definition) is 2. The van der Waals surface area contributed by atoms with Crippen LogP contribution in [0, 0.1) is 13.8 Å². The molecule has 5 heteroatoms. The fourth-order valence-electron chi connectivity index (χ4n) is 4.45. The van der Waals surface area contributed by atoms with E-state index in [4.69, 9.17) is 4.98 Å². The number of aromatic nitrogens is 2. The van der Waals surface area contributed by atoms with E-state index < -0.39 is 0 Å². The molecule has 1 aliphatic heterocycles. The Bertz CT molecular complexity index is 1200. The van der Waals surface area contributed by atoms with E-state index in [-0.39, 0.29) is 12.4 Å². The minimum atomic E-state index is 0. The summed E-state index contributed by atoms with van der Waals surface area (Å²) in [7, 11) is 0. The minimum Gasteiger partial charge on any atom is -0.350 e. The number of hydrogen-bond donors (Lipinski definition) is 0. The van der Waals surface area contributed by atoms with Crippen LogP contribution in [0.2, 0.25) is 0 Å². The van der Waals surface area contributed by atoms with E-state index in [1.807, 2.05) is 6.20 Å². The number of nitrogens with zero attached hydrogens (tertiary/aromatic N) is 3. The lowest BCUT2D eigenvalue weighted by atomic mass is 10.00. The van der Waals surface area contributed by atoms with Crippen LogP contribution in [0.15, 0.2) is 65.3 Å². The number of rotatable bonds is 3. The molecular weight excluding hydrogens is 458 g/mol. The summed E-state index contributed by atoms with van der Waals surface area (Å²) in [4.78, 5) is 7.32. The van der Waals surface area contributed by atoms with Gasteiger partial charge in [-0.3, -0.25) is 0 Å². The molecule has 154 valence electrons. The molecule has 0 fully saturated rings. The summed E-state index contributed by atoms with van der Waals surface area (Å²) in [6.07, 6.45) is 3.04. The van der Waals surface area contributed by atoms with Crippen LogP contribution in [-0.4, -0.2) is 16.1 Å². The van der Waals surface area contributed by atoms with E-state index in [1.165, 1.54) is 38.9 Å². The molecule has 4 aromatic rings. The van der Waals surface area contributed by atoms with Gasteiger partial charge >= 0.3 is 0 Å². The highest BCUT2D eigenvalue weighted by atomic mass is 79.9. The summed E-state index contributed by atoms with van der Waals surface area (Å²) in [6.45, 7) is 7.23. The number of benzene rings is 2. The van der Waals surface area contributed by atoms with Gasteiger partial charge in [0, 0.05) is 41.4 Å². The molecule has 0 saturated carbocycles. The summed E-state index contributed by atoms with van der Waals surface area (Å²) in [6, 6.07) is 19.6. The van der Waals surface area contributed by atoms with Gasteiger partial charge in [0.15, 0.2) is 5.82 Å². The van der Waals surface area contributed by atoms with E-state index in [1.54, 1.807) is 0 Å². The number of pyridine rings is 1. The molecule has 0 spiro atoms. The summed E-state index contributed by atoms with van der Waals surface area (Å²) >= 11 is 3.54. The van der Waals surface area contributed by atoms with Gasteiger partial charge in [0.05, 0.1) is 5.52 Å². The van der Waals surface area contributed by atoms with Gasteiger partial charge < -0.3 is 9.47 Å². The second-order valence-electron chi connectivity index (χ2n) is 7.89. The fourth-order valence-corrected chi connectivity index (χ4v) is 4.72. The molecule has 3 heterocycles. The maximum Gasteiger partial charge on any atom is 0.153 e. The summed E-state index contributed by atoms with van der Waals surface area (Å²) in [5.74, 6) is 1.10. The van der Waals surface area contributed by atoms with Crippen LogP contribution in [0.3, 0.4) is 0 Å². The van der Waals surface area contributed by atoms with E-state index in [0.29, 0.717) is 0 Å². The highest BCUT2D eigenvalue weighted by Crippen LogP contribution is 2.34. The molecule has 0 saturated heterocycles. The Hall–Kier alpha value is -2.30. The number of fused-ring (bicyclic) bond motifs is 2. The van der Waals surface area contributed by atoms with Gasteiger partial charge in [-0.15, -0.1) is 12.4 Å². The zero-order valence-corrected chi connectivity index (χ0v) is 19.6. The summed E-state index contributed by atoms with van der Waals surface area (Å²) in [5.41, 5.74) is 8.09. The highest BCUT2D eigenvalue weighted by Gasteiger charge is 2.22. The maximum absolute atomic E-state index is 4.87. The van der Waals surface area contributed by atoms with E-state index in [0.717, 1.165) is 36.3 Å². The zero-order chi connectivity index (χ0) is 20.0. The fraction of sp³-hybridized carbons (Fsp3) is 0.240. The topological polar surface area (TPSA) is 21.1 Å². The van der Waals surface area contributed by atoms with Gasteiger partial charge in [-0.2, -0.15) is 0 Å². The Morgan fingerprint density at radius 3 is 2.47 bits per heavy atom. The molecule has 1 aliphatic rings. The van der Waals surface area contributed by atoms with Gasteiger partial charge in [-0.25, -0.2) is 4.98 Å². The van der Waals surface area contributed by atoms with Crippen LogP contribution in [-0.2, 0) is 19.5 Å². The van der Waals surface area contributed by atoms with Crippen LogP contribution in [0.1, 0.15) is 27.9 Å². The monoisotopic (exact) mass is 481 g/mol. The third kappa shape index (κ3) is 3.63. The average molecular weight is 483 g/mol. The van der Waals surface area contributed by atoms with E-state index in [9.17, 15) is 0 Å². The van der Waals surface area contributed by atoms with Gasteiger partial charge in [0.25, 0.3) is 0 Å². The lowest BCUT2D eigenvalue weighted by molar-refractivity contribution is 0.717. The Labute approximate surface area is 192 Å². The summed E-state index contributed by atoms with van der Waals surface area (Å²) in [5, 5.41) is 1.31. The first-order valence-electron chi connectivity index (χ1n) is 10.1. The first kappa shape index (κ1) is 21.0. The molecule has 3 nitrogen and oxygen atoms in total. The van der Waals surface area contributed by atoms with Crippen molar-refractivity contribution >= 4 is 45.1 Å². The quantitative estimate of drug-likeness (QED) is 0.335. The standard InChI is InChI=1S/C25H24BrN3.ClH/c1-17-18(2)29(15-19-7-9-22(26)10-8-19)24-23(17)11-13-27-25(24)28-14-12-20-5-3-4-6-21(20)16-28;/h3-11,13H,12,14-16H2,1-2H3;1H. The van der Waals surface area contributed by atoms with Crippen molar-refractivity contribution in [2.45, 2.75) is 33.4 Å². The maximum atomic E-state index is 4.87. The van der Waals surface area contributed by atoms with Crippen LogP contribution in [0.5, 0.6) is 0 Å². The lowest BCUT2D eigenvalue weighted by Gasteiger charge is -2.30. The molecule has 2 aromatic carbocycles. The summed E-state index contributed by atoms with van der Waals surface area (Å²) < 4.78 is 3.55. The largest absolute Gasteiger partial charge is 0.350 e. The SMILES string of the molecule is Cc1c(C)n(Cc2ccc(Br)cc2)c2c(N3CCc4ccccc4C3)nccc12.Cl. The molecule has 0 unspecified atom stereocenters. The molecule has 0 amide bonds. The molecule has 0 radical (unpaired) electrons. The van der Waals surface area contributed by atoms with Gasteiger partial charge in [-0.05, 0) is 60.7 Å². The second-order valence-corrected chi connectivity index (χ2v) is 8.81. The minimum absolute atomic E-state index is 0. The predicted molar refractivity (Wildman–Crippen MR) is 131 cm³/mol. The third-order valence-electron chi connectivity index (χ3n) is 6.21. The average Bonchev–Trinajstić information content (AvgIpc) is 3.00. The lowest BCUT2D eigenvalue weighted by Crippen LogP contribution is -2.31. The van der Waals surface area contributed by atoms with Crippen LogP contribution >= 0.6 is 28.3 Å². The molecule has 0 bridgehead atoms. The Balaban J connectivity index is 0.00000218. The van der Waals surface area contributed by atoms with Crippen molar-refractivity contribution in [3.05, 3.63) is 93.2 Å². The smallest absolute Gasteiger partial charge is 0.153 e. The van der Waals surface area contributed by atoms with Crippen LogP contribution in [0.4, 0.5) is 5.82 Å². The first-order valence-corrected chi connectivity index (χ1v) is 10.9. The van der Waals surface area contributed by atoms with Crippen molar-refractivity contribution in [2.75, 3.05) is 11.4 Å². The first-order chi connectivity index (χ1) is 14.1. The van der Waals surface area contributed by atoms with Crippen molar-refractivity contribution in [1.82, 2.24) is 9.55 Å². The van der Waals surface area contributed by atoms with Crippen molar-refractivity contribution in [1.29, 1.82) is 0 Å². The third-order valence-corrected chi connectivity index (χ3v) is 6.74. The Morgan fingerprint density at radius 1 is 0.967 bits per heavy atom. The Morgan fingerprint density at radius 2 is 1.70 bits per heavy atom. The number of halogens is 2. The zero-order valence-electron chi connectivity index (χ0n) is 17.2.